The Labute approximate surface area is 128 Å². The molecular weight excluding hydrogens is 318 g/mol. The molecular formula is C16H20BrNS. The maximum atomic E-state index is 3.68. The van der Waals surface area contributed by atoms with Gasteiger partial charge in [0.2, 0.25) is 0 Å². The molecule has 2 rings (SSSR count). The quantitative estimate of drug-likeness (QED) is 0.752. The van der Waals surface area contributed by atoms with Crippen LogP contribution >= 0.6 is 27.3 Å². The van der Waals surface area contributed by atoms with Gasteiger partial charge in [-0.2, -0.15) is 0 Å². The highest BCUT2D eigenvalue weighted by atomic mass is 79.9. The maximum Gasteiger partial charge on any atom is 0.0320 e. The largest absolute Gasteiger partial charge is 0.305 e. The van der Waals surface area contributed by atoms with Crippen LogP contribution in [0, 0.1) is 0 Å². The smallest absolute Gasteiger partial charge is 0.0320 e. The van der Waals surface area contributed by atoms with E-state index in [1.807, 2.05) is 11.3 Å². The van der Waals surface area contributed by atoms with Crippen molar-refractivity contribution < 1.29 is 0 Å². The minimum absolute atomic E-state index is 0.430. The van der Waals surface area contributed by atoms with E-state index in [2.05, 4.69) is 70.8 Å². The van der Waals surface area contributed by atoms with Gasteiger partial charge in [0.1, 0.15) is 0 Å². The summed E-state index contributed by atoms with van der Waals surface area (Å²) in [7, 11) is 0. The summed E-state index contributed by atoms with van der Waals surface area (Å²) < 4.78 is 1.14. The minimum atomic E-state index is 0.430. The first kappa shape index (κ1) is 14.8. The van der Waals surface area contributed by atoms with Crippen LogP contribution in [0.25, 0.3) is 0 Å². The van der Waals surface area contributed by atoms with Crippen molar-refractivity contribution in [2.45, 2.75) is 39.3 Å². The number of thiophene rings is 1. The second-order valence-electron chi connectivity index (χ2n) is 4.62. The zero-order valence-electron chi connectivity index (χ0n) is 11.4. The lowest BCUT2D eigenvalue weighted by Crippen LogP contribution is -2.20. The average molecular weight is 338 g/mol. The van der Waals surface area contributed by atoms with E-state index in [-0.39, 0.29) is 0 Å². The van der Waals surface area contributed by atoms with Crippen molar-refractivity contribution in [3.8, 4) is 0 Å². The highest BCUT2D eigenvalue weighted by molar-refractivity contribution is 9.10. The molecule has 0 radical (unpaired) electrons. The molecule has 0 spiro atoms. The van der Waals surface area contributed by atoms with Crippen molar-refractivity contribution in [2.24, 2.45) is 0 Å². The number of hydrogen-bond donors (Lipinski definition) is 1. The van der Waals surface area contributed by atoms with Gasteiger partial charge >= 0.3 is 0 Å². The van der Waals surface area contributed by atoms with Gasteiger partial charge in [-0.15, -0.1) is 11.3 Å². The molecule has 2 aromatic rings. The summed E-state index contributed by atoms with van der Waals surface area (Å²) in [5.74, 6) is 0. The molecule has 1 aromatic heterocycles. The Morgan fingerprint density at radius 2 is 1.89 bits per heavy atom. The van der Waals surface area contributed by atoms with Crippen LogP contribution in [-0.4, -0.2) is 0 Å². The molecule has 1 unspecified atom stereocenters. The Hall–Kier alpha value is -0.640. The molecule has 102 valence electrons. The van der Waals surface area contributed by atoms with Crippen LogP contribution in [0.2, 0.25) is 0 Å². The molecule has 1 N–H and O–H groups in total. The topological polar surface area (TPSA) is 12.0 Å². The van der Waals surface area contributed by atoms with Crippen LogP contribution in [0.15, 0.2) is 40.2 Å². The summed E-state index contributed by atoms with van der Waals surface area (Å²) in [4.78, 5) is 1.47. The van der Waals surface area contributed by atoms with Gasteiger partial charge in [-0.1, -0.05) is 41.9 Å². The van der Waals surface area contributed by atoms with E-state index in [0.29, 0.717) is 6.04 Å². The third-order valence-electron chi connectivity index (χ3n) is 3.41. The highest BCUT2D eigenvalue weighted by Crippen LogP contribution is 2.22. The predicted octanol–water partition coefficient (Wildman–Crippen LogP) is 5.31. The van der Waals surface area contributed by atoms with E-state index in [1.165, 1.54) is 16.0 Å². The van der Waals surface area contributed by atoms with Crippen molar-refractivity contribution in [1.82, 2.24) is 5.32 Å². The zero-order valence-corrected chi connectivity index (χ0v) is 13.9. The van der Waals surface area contributed by atoms with Crippen molar-refractivity contribution in [3.05, 3.63) is 56.2 Å². The summed E-state index contributed by atoms with van der Waals surface area (Å²) in [6, 6.07) is 11.3. The minimum Gasteiger partial charge on any atom is -0.305 e. The van der Waals surface area contributed by atoms with E-state index >= 15 is 0 Å². The van der Waals surface area contributed by atoms with Gasteiger partial charge in [0.25, 0.3) is 0 Å². The van der Waals surface area contributed by atoms with Crippen molar-refractivity contribution >= 4 is 27.3 Å². The molecule has 0 aliphatic carbocycles. The van der Waals surface area contributed by atoms with E-state index in [9.17, 15) is 0 Å². The van der Waals surface area contributed by atoms with Crippen LogP contribution in [0.4, 0.5) is 0 Å². The van der Waals surface area contributed by atoms with Gasteiger partial charge in [-0.25, -0.2) is 0 Å². The van der Waals surface area contributed by atoms with Crippen LogP contribution in [0.5, 0.6) is 0 Å². The molecule has 0 amide bonds. The second-order valence-corrected chi connectivity index (χ2v) is 6.53. The third kappa shape index (κ3) is 3.91. The first-order valence-electron chi connectivity index (χ1n) is 6.78. The summed E-state index contributed by atoms with van der Waals surface area (Å²) in [6.07, 6.45) is 2.23. The number of aryl methyl sites for hydroxylation is 1. The number of nitrogens with one attached hydrogen (secondary N) is 1. The lowest BCUT2D eigenvalue weighted by molar-refractivity contribution is 0.521. The Morgan fingerprint density at radius 3 is 2.53 bits per heavy atom. The lowest BCUT2D eigenvalue weighted by Gasteiger charge is -2.17. The summed E-state index contributed by atoms with van der Waals surface area (Å²) in [5, 5.41) is 5.87. The van der Waals surface area contributed by atoms with E-state index in [4.69, 9.17) is 0 Å². The van der Waals surface area contributed by atoms with Crippen LogP contribution in [0.3, 0.4) is 0 Å². The molecule has 1 nitrogen and oxygen atoms in total. The standard InChI is InChI=1S/C16H20BrNS/c1-3-12-9-10-19-16(12)11-18-15(4-2)13-5-7-14(17)8-6-13/h5-10,15,18H,3-4,11H2,1-2H3. The first-order chi connectivity index (χ1) is 9.24. The molecule has 19 heavy (non-hydrogen) atoms. The summed E-state index contributed by atoms with van der Waals surface area (Å²) >= 11 is 5.34. The van der Waals surface area contributed by atoms with Crippen molar-refractivity contribution in [2.75, 3.05) is 0 Å². The van der Waals surface area contributed by atoms with Gasteiger partial charge < -0.3 is 5.32 Å². The summed E-state index contributed by atoms with van der Waals surface area (Å²) in [6.45, 7) is 5.42. The van der Waals surface area contributed by atoms with Gasteiger partial charge in [0, 0.05) is 21.9 Å². The summed E-state index contributed by atoms with van der Waals surface area (Å²) in [5.41, 5.74) is 2.84. The van der Waals surface area contributed by atoms with Crippen LogP contribution < -0.4 is 5.32 Å². The number of halogens is 1. The molecule has 3 heteroatoms. The first-order valence-corrected chi connectivity index (χ1v) is 8.46. The van der Waals surface area contributed by atoms with Gasteiger partial charge in [0.05, 0.1) is 0 Å². The van der Waals surface area contributed by atoms with Crippen molar-refractivity contribution in [1.29, 1.82) is 0 Å². The van der Waals surface area contributed by atoms with E-state index < -0.39 is 0 Å². The third-order valence-corrected chi connectivity index (χ3v) is 4.90. The molecule has 1 aromatic carbocycles. The fraction of sp³-hybridized carbons (Fsp3) is 0.375. The SMILES string of the molecule is CCc1ccsc1CNC(CC)c1ccc(Br)cc1. The molecule has 1 atom stereocenters. The highest BCUT2D eigenvalue weighted by Gasteiger charge is 2.10. The normalized spacial score (nSPS) is 12.6. The number of benzene rings is 1. The van der Waals surface area contributed by atoms with Crippen molar-refractivity contribution in [3.63, 3.8) is 0 Å². The molecule has 1 heterocycles. The molecule has 0 aliphatic rings. The lowest BCUT2D eigenvalue weighted by atomic mass is 10.0. The second kappa shape index (κ2) is 7.22. The Bertz CT molecular complexity index is 504. The Kier molecular flexibility index (Phi) is 5.61. The Morgan fingerprint density at radius 1 is 1.16 bits per heavy atom. The molecule has 0 aliphatic heterocycles. The van der Waals surface area contributed by atoms with Gasteiger partial charge in [-0.3, -0.25) is 0 Å². The average Bonchev–Trinajstić information content (AvgIpc) is 2.89. The van der Waals surface area contributed by atoms with E-state index in [0.717, 1.165) is 23.9 Å². The number of rotatable bonds is 6. The number of hydrogen-bond acceptors (Lipinski definition) is 2. The maximum absolute atomic E-state index is 3.68. The monoisotopic (exact) mass is 337 g/mol. The predicted molar refractivity (Wildman–Crippen MR) is 87.7 cm³/mol. The Balaban J connectivity index is 2.01. The van der Waals surface area contributed by atoms with E-state index in [1.54, 1.807) is 0 Å². The molecule has 0 bridgehead atoms. The van der Waals surface area contributed by atoms with Crippen LogP contribution in [0.1, 0.15) is 42.3 Å². The zero-order chi connectivity index (χ0) is 13.7. The fourth-order valence-electron chi connectivity index (χ4n) is 2.25. The van der Waals surface area contributed by atoms with Crippen LogP contribution in [-0.2, 0) is 13.0 Å². The molecule has 0 saturated heterocycles. The van der Waals surface area contributed by atoms with Gasteiger partial charge in [0.15, 0.2) is 0 Å². The fourth-order valence-corrected chi connectivity index (χ4v) is 3.44. The molecule has 0 fully saturated rings. The van der Waals surface area contributed by atoms with Gasteiger partial charge in [-0.05, 0) is 47.5 Å². The molecule has 0 saturated carbocycles.